The molecule has 0 saturated carbocycles. The Kier molecular flexibility index (Phi) is 6.57. The van der Waals surface area contributed by atoms with E-state index < -0.39 is 16.4 Å². The Hall–Kier alpha value is -4.56. The smallest absolute Gasteiger partial charge is 0.281 e. The van der Waals surface area contributed by atoms with Gasteiger partial charge in [0, 0.05) is 29.1 Å². The van der Waals surface area contributed by atoms with Gasteiger partial charge in [-0.1, -0.05) is 66.7 Å². The van der Waals surface area contributed by atoms with Crippen molar-refractivity contribution in [1.29, 1.82) is 0 Å². The molecule has 0 aliphatic heterocycles. The lowest BCUT2D eigenvalue weighted by atomic mass is 9.85. The van der Waals surface area contributed by atoms with E-state index in [0.29, 0.717) is 16.8 Å². The first-order chi connectivity index (χ1) is 16.8. The number of amides is 1. The van der Waals surface area contributed by atoms with Crippen molar-refractivity contribution >= 4 is 17.8 Å². The van der Waals surface area contributed by atoms with Crippen LogP contribution in [0.5, 0.6) is 0 Å². The van der Waals surface area contributed by atoms with Crippen LogP contribution < -0.4 is 5.43 Å². The minimum Gasteiger partial charge on any atom is -0.372 e. The molecular weight excluding hydrogens is 444 g/mol. The number of hydrazone groups is 1. The van der Waals surface area contributed by atoms with Gasteiger partial charge in [-0.25, -0.2) is 5.43 Å². The molecule has 4 aromatic rings. The van der Waals surface area contributed by atoms with Crippen molar-refractivity contribution in [3.05, 3.63) is 129 Å². The molecule has 0 fully saturated rings. The molecule has 4 rings (SSSR count). The summed E-state index contributed by atoms with van der Waals surface area (Å²) in [5.74, 6) is -0.696. The van der Waals surface area contributed by atoms with Crippen LogP contribution in [0.2, 0.25) is 0 Å². The second-order valence-corrected chi connectivity index (χ2v) is 8.08. The first-order valence-corrected chi connectivity index (χ1v) is 10.9. The van der Waals surface area contributed by atoms with Gasteiger partial charge in [-0.15, -0.1) is 0 Å². The fourth-order valence-electron chi connectivity index (χ4n) is 4.09. The molecule has 1 amide bonds. The van der Waals surface area contributed by atoms with Crippen molar-refractivity contribution < 1.29 is 14.8 Å². The first kappa shape index (κ1) is 23.6. The van der Waals surface area contributed by atoms with Gasteiger partial charge in [0.25, 0.3) is 11.6 Å². The Balaban J connectivity index is 1.62. The van der Waals surface area contributed by atoms with Crippen molar-refractivity contribution in [2.75, 3.05) is 0 Å². The second-order valence-electron chi connectivity index (χ2n) is 8.08. The molecule has 0 aliphatic rings. The number of benzene rings is 3. The van der Waals surface area contributed by atoms with E-state index in [4.69, 9.17) is 0 Å². The van der Waals surface area contributed by atoms with Crippen LogP contribution in [-0.4, -0.2) is 26.7 Å². The lowest BCUT2D eigenvalue weighted by Crippen LogP contribution is -2.43. The fraction of sp³-hybridized carbons (Fsp3) is 0.111. The van der Waals surface area contributed by atoms with Gasteiger partial charge in [0.2, 0.25) is 0 Å². The number of hydrogen-bond acceptors (Lipinski definition) is 5. The number of nitrogens with zero attached hydrogens (tertiary/aromatic N) is 3. The van der Waals surface area contributed by atoms with Gasteiger partial charge in [-0.3, -0.25) is 14.9 Å². The molecule has 2 N–H and O–H groups in total. The van der Waals surface area contributed by atoms with Crippen LogP contribution >= 0.6 is 0 Å². The summed E-state index contributed by atoms with van der Waals surface area (Å²) in [6.45, 7) is 3.74. The SMILES string of the molecule is Cc1cc(/C=N\NC(=O)C(O)(c2ccccc2)c2ccccc2)c(C)n1-c1cccc([N+](=O)[O-])c1. The van der Waals surface area contributed by atoms with Crippen molar-refractivity contribution in [2.45, 2.75) is 19.4 Å². The van der Waals surface area contributed by atoms with E-state index in [-0.39, 0.29) is 5.69 Å². The van der Waals surface area contributed by atoms with Gasteiger partial charge >= 0.3 is 0 Å². The van der Waals surface area contributed by atoms with Crippen LogP contribution in [0.1, 0.15) is 28.1 Å². The third-order valence-corrected chi connectivity index (χ3v) is 5.85. The number of aliphatic hydroxyl groups is 1. The van der Waals surface area contributed by atoms with Gasteiger partial charge in [-0.05, 0) is 37.1 Å². The molecule has 35 heavy (non-hydrogen) atoms. The summed E-state index contributed by atoms with van der Waals surface area (Å²) in [6, 6.07) is 25.6. The Morgan fingerprint density at radius 3 is 2.14 bits per heavy atom. The summed E-state index contributed by atoms with van der Waals surface area (Å²) < 4.78 is 1.88. The number of carbonyl (C=O) groups excluding carboxylic acids is 1. The Bertz CT molecular complexity index is 1360. The normalized spacial score (nSPS) is 11.5. The lowest BCUT2D eigenvalue weighted by Gasteiger charge is -2.27. The molecule has 3 aromatic carbocycles. The maximum atomic E-state index is 13.2. The third-order valence-electron chi connectivity index (χ3n) is 5.85. The number of nitrogens with one attached hydrogen (secondary N) is 1. The number of aryl methyl sites for hydroxylation is 1. The maximum absolute atomic E-state index is 13.2. The average Bonchev–Trinajstić information content (AvgIpc) is 3.17. The van der Waals surface area contributed by atoms with Gasteiger partial charge in [-0.2, -0.15) is 5.10 Å². The van der Waals surface area contributed by atoms with Crippen molar-refractivity contribution in [3.8, 4) is 5.69 Å². The number of nitro groups is 1. The summed E-state index contributed by atoms with van der Waals surface area (Å²) in [6.07, 6.45) is 1.49. The molecule has 1 aromatic heterocycles. The highest BCUT2D eigenvalue weighted by Crippen LogP contribution is 2.30. The van der Waals surface area contributed by atoms with E-state index in [1.807, 2.05) is 36.6 Å². The zero-order chi connectivity index (χ0) is 25.0. The summed E-state index contributed by atoms with van der Waals surface area (Å²) in [5, 5.41) is 26.8. The van der Waals surface area contributed by atoms with Crippen LogP contribution in [0.25, 0.3) is 5.69 Å². The van der Waals surface area contributed by atoms with Crippen molar-refractivity contribution in [3.63, 3.8) is 0 Å². The third kappa shape index (κ3) is 4.60. The average molecular weight is 469 g/mol. The first-order valence-electron chi connectivity index (χ1n) is 10.9. The van der Waals surface area contributed by atoms with Crippen LogP contribution in [0.15, 0.2) is 96.1 Å². The van der Waals surface area contributed by atoms with E-state index in [0.717, 1.165) is 17.0 Å². The van der Waals surface area contributed by atoms with Crippen LogP contribution in [0, 0.1) is 24.0 Å². The molecule has 0 aliphatic carbocycles. The van der Waals surface area contributed by atoms with Gasteiger partial charge < -0.3 is 9.67 Å². The van der Waals surface area contributed by atoms with E-state index in [9.17, 15) is 20.0 Å². The Morgan fingerprint density at radius 1 is 0.971 bits per heavy atom. The van der Waals surface area contributed by atoms with E-state index >= 15 is 0 Å². The molecular formula is C27H24N4O4. The number of aromatic nitrogens is 1. The van der Waals surface area contributed by atoms with Crippen molar-refractivity contribution in [2.24, 2.45) is 5.10 Å². The molecule has 0 atom stereocenters. The summed E-state index contributed by atoms with van der Waals surface area (Å²) in [7, 11) is 0. The van der Waals surface area contributed by atoms with Gasteiger partial charge in [0.1, 0.15) is 0 Å². The van der Waals surface area contributed by atoms with E-state index in [1.165, 1.54) is 18.3 Å². The monoisotopic (exact) mass is 468 g/mol. The van der Waals surface area contributed by atoms with E-state index in [2.05, 4.69) is 10.5 Å². The van der Waals surface area contributed by atoms with Crippen LogP contribution in [-0.2, 0) is 10.4 Å². The summed E-state index contributed by atoms with van der Waals surface area (Å²) >= 11 is 0. The number of carbonyl (C=O) groups is 1. The molecule has 0 saturated heterocycles. The Labute approximate surface area is 202 Å². The molecule has 1 heterocycles. The Morgan fingerprint density at radius 2 is 1.57 bits per heavy atom. The second kappa shape index (κ2) is 9.74. The highest BCUT2D eigenvalue weighted by molar-refractivity contribution is 5.91. The molecule has 0 radical (unpaired) electrons. The maximum Gasteiger partial charge on any atom is 0.281 e. The summed E-state index contributed by atoms with van der Waals surface area (Å²) in [4.78, 5) is 23.9. The number of hydrogen-bond donors (Lipinski definition) is 2. The highest BCUT2D eigenvalue weighted by Gasteiger charge is 2.39. The number of non-ortho nitro benzene ring substituents is 1. The largest absolute Gasteiger partial charge is 0.372 e. The standard InChI is InChI=1S/C27H24N4O4/c1-19-16-21(20(2)30(19)24-14-9-15-25(17-24)31(34)35)18-28-29-26(32)27(33,22-10-5-3-6-11-22)23-12-7-4-8-13-23/h3-18,33H,1-2H3,(H,29,32)/b28-18-. The fourth-order valence-corrected chi connectivity index (χ4v) is 4.09. The molecule has 176 valence electrons. The molecule has 8 heteroatoms. The van der Waals surface area contributed by atoms with E-state index in [1.54, 1.807) is 60.7 Å². The van der Waals surface area contributed by atoms with Gasteiger partial charge in [0.05, 0.1) is 16.8 Å². The number of rotatable bonds is 7. The minimum absolute atomic E-state index is 0.00131. The molecule has 0 unspecified atom stereocenters. The van der Waals surface area contributed by atoms with Crippen molar-refractivity contribution in [1.82, 2.24) is 9.99 Å². The highest BCUT2D eigenvalue weighted by atomic mass is 16.6. The predicted molar refractivity (Wildman–Crippen MR) is 134 cm³/mol. The quantitative estimate of drug-likeness (QED) is 0.238. The minimum atomic E-state index is -1.93. The zero-order valence-corrected chi connectivity index (χ0v) is 19.3. The zero-order valence-electron chi connectivity index (χ0n) is 19.3. The number of nitro benzene ring substituents is 1. The van der Waals surface area contributed by atoms with Crippen LogP contribution in [0.4, 0.5) is 5.69 Å². The molecule has 0 bridgehead atoms. The van der Waals surface area contributed by atoms with Gasteiger partial charge in [0.15, 0.2) is 5.60 Å². The lowest BCUT2D eigenvalue weighted by molar-refractivity contribution is -0.384. The van der Waals surface area contributed by atoms with Crippen LogP contribution in [0.3, 0.4) is 0 Å². The molecule has 0 spiro atoms. The topological polar surface area (TPSA) is 110 Å². The molecule has 8 nitrogen and oxygen atoms in total. The predicted octanol–water partition coefficient (Wildman–Crippen LogP) is 4.39. The summed E-state index contributed by atoms with van der Waals surface area (Å²) in [5.41, 5.74) is 4.39.